The smallest absolute Gasteiger partial charge is 0.251 e. The van der Waals surface area contributed by atoms with Gasteiger partial charge in [0.05, 0.1) is 6.61 Å². The molecule has 1 rings (SSSR count). The number of hydrogen-bond donors (Lipinski definition) is 3. The van der Waals surface area contributed by atoms with Crippen LogP contribution in [-0.4, -0.2) is 30.1 Å². The summed E-state index contributed by atoms with van der Waals surface area (Å²) in [6.07, 6.45) is 0. The number of carbonyl (C=O) groups excluding carboxylic acids is 2. The molecule has 0 aliphatic rings. The van der Waals surface area contributed by atoms with E-state index in [1.54, 1.807) is 24.3 Å². The number of rotatable bonds is 4. The summed E-state index contributed by atoms with van der Waals surface area (Å²) in [7, 11) is 0. The predicted octanol–water partition coefficient (Wildman–Crippen LogP) is 1.39. The van der Waals surface area contributed by atoms with E-state index in [2.05, 4.69) is 10.6 Å². The molecule has 0 aromatic heterocycles. The lowest BCUT2D eigenvalue weighted by Gasteiger charge is -2.17. The Bertz CT molecular complexity index is 447. The van der Waals surface area contributed by atoms with Gasteiger partial charge in [0.2, 0.25) is 5.91 Å². The Balaban J connectivity index is 2.67. The zero-order chi connectivity index (χ0) is 14.5. The van der Waals surface area contributed by atoms with Gasteiger partial charge in [0.1, 0.15) is 0 Å². The minimum absolute atomic E-state index is 0.0787. The third kappa shape index (κ3) is 4.71. The molecule has 0 unspecified atom stereocenters. The molecule has 5 nitrogen and oxygen atoms in total. The van der Waals surface area contributed by atoms with Gasteiger partial charge in [-0.05, 0) is 24.3 Å². The maximum atomic E-state index is 11.8. The first-order chi connectivity index (χ1) is 8.84. The highest BCUT2D eigenvalue weighted by Crippen LogP contribution is 2.17. The standard InChI is InChI=1S/C14H20N2O3/c1-14(2,3)13(19)16-11-6-4-10(5-7-11)12(18)15-8-9-17/h4-7,17H,8-9H2,1-3H3,(H,15,18)(H,16,19). The van der Waals surface area contributed by atoms with Gasteiger partial charge in [-0.1, -0.05) is 20.8 Å². The van der Waals surface area contributed by atoms with Gasteiger partial charge in [-0.3, -0.25) is 9.59 Å². The number of aliphatic hydroxyl groups is 1. The Hall–Kier alpha value is -1.88. The summed E-state index contributed by atoms with van der Waals surface area (Å²) in [6, 6.07) is 6.62. The summed E-state index contributed by atoms with van der Waals surface area (Å²) in [5.41, 5.74) is 0.679. The van der Waals surface area contributed by atoms with Crippen LogP contribution in [0.1, 0.15) is 31.1 Å². The van der Waals surface area contributed by atoms with Crippen molar-refractivity contribution in [3.63, 3.8) is 0 Å². The van der Waals surface area contributed by atoms with Crippen LogP contribution in [0.25, 0.3) is 0 Å². The van der Waals surface area contributed by atoms with E-state index in [0.29, 0.717) is 11.3 Å². The number of nitrogens with one attached hydrogen (secondary N) is 2. The van der Waals surface area contributed by atoms with E-state index in [4.69, 9.17) is 5.11 Å². The van der Waals surface area contributed by atoms with Crippen molar-refractivity contribution in [3.05, 3.63) is 29.8 Å². The Morgan fingerprint density at radius 3 is 2.21 bits per heavy atom. The third-order valence-electron chi connectivity index (χ3n) is 2.48. The van der Waals surface area contributed by atoms with Crippen LogP contribution in [-0.2, 0) is 4.79 Å². The molecular formula is C14H20N2O3. The molecule has 1 aromatic rings. The van der Waals surface area contributed by atoms with Crippen molar-refractivity contribution in [2.75, 3.05) is 18.5 Å². The van der Waals surface area contributed by atoms with Crippen LogP contribution in [0, 0.1) is 5.41 Å². The van der Waals surface area contributed by atoms with E-state index < -0.39 is 5.41 Å². The molecule has 5 heteroatoms. The van der Waals surface area contributed by atoms with Crippen molar-refractivity contribution in [3.8, 4) is 0 Å². The van der Waals surface area contributed by atoms with Crippen LogP contribution >= 0.6 is 0 Å². The summed E-state index contributed by atoms with van der Waals surface area (Å²) in [6.45, 7) is 5.63. The Kier molecular flexibility index (Phi) is 5.06. The molecule has 3 N–H and O–H groups in total. The highest BCUT2D eigenvalue weighted by atomic mass is 16.3. The average molecular weight is 264 g/mol. The van der Waals surface area contributed by atoms with Gasteiger partial charge in [0.15, 0.2) is 0 Å². The number of anilines is 1. The van der Waals surface area contributed by atoms with Gasteiger partial charge >= 0.3 is 0 Å². The van der Waals surface area contributed by atoms with Crippen LogP contribution in [0.15, 0.2) is 24.3 Å². The molecule has 0 fully saturated rings. The first kappa shape index (κ1) is 15.2. The Morgan fingerprint density at radius 1 is 1.16 bits per heavy atom. The van der Waals surface area contributed by atoms with Crippen LogP contribution < -0.4 is 10.6 Å². The molecule has 0 saturated carbocycles. The van der Waals surface area contributed by atoms with E-state index in [9.17, 15) is 9.59 Å². The maximum Gasteiger partial charge on any atom is 0.251 e. The topological polar surface area (TPSA) is 78.4 Å². The van der Waals surface area contributed by atoms with Gasteiger partial charge in [0.25, 0.3) is 5.91 Å². The van der Waals surface area contributed by atoms with Gasteiger partial charge < -0.3 is 15.7 Å². The number of hydrogen-bond acceptors (Lipinski definition) is 3. The van der Waals surface area contributed by atoms with Crippen molar-refractivity contribution in [1.82, 2.24) is 5.32 Å². The Labute approximate surface area is 113 Å². The summed E-state index contributed by atoms with van der Waals surface area (Å²) in [4.78, 5) is 23.4. The molecule has 0 saturated heterocycles. The largest absolute Gasteiger partial charge is 0.395 e. The third-order valence-corrected chi connectivity index (χ3v) is 2.48. The summed E-state index contributed by atoms with van der Waals surface area (Å²) in [5, 5.41) is 14.0. The van der Waals surface area contributed by atoms with E-state index in [1.165, 1.54) is 0 Å². The minimum Gasteiger partial charge on any atom is -0.395 e. The second-order valence-electron chi connectivity index (χ2n) is 5.26. The zero-order valence-corrected chi connectivity index (χ0v) is 11.5. The van der Waals surface area contributed by atoms with Crippen molar-refractivity contribution >= 4 is 17.5 Å². The highest BCUT2D eigenvalue weighted by molar-refractivity contribution is 5.97. The molecular weight excluding hydrogens is 244 g/mol. The normalized spacial score (nSPS) is 10.9. The van der Waals surface area contributed by atoms with E-state index >= 15 is 0 Å². The van der Waals surface area contributed by atoms with Crippen LogP contribution in [0.5, 0.6) is 0 Å². The summed E-state index contributed by atoms with van der Waals surface area (Å²) < 4.78 is 0. The molecule has 0 bridgehead atoms. The molecule has 2 amide bonds. The Morgan fingerprint density at radius 2 is 1.74 bits per heavy atom. The SMILES string of the molecule is CC(C)(C)C(=O)Nc1ccc(C(=O)NCCO)cc1. The van der Waals surface area contributed by atoms with E-state index in [-0.39, 0.29) is 25.0 Å². The first-order valence-corrected chi connectivity index (χ1v) is 6.15. The molecule has 104 valence electrons. The van der Waals surface area contributed by atoms with Crippen LogP contribution in [0.2, 0.25) is 0 Å². The van der Waals surface area contributed by atoms with Gasteiger partial charge in [0, 0.05) is 23.2 Å². The monoisotopic (exact) mass is 264 g/mol. The molecule has 1 aromatic carbocycles. The number of amides is 2. The van der Waals surface area contributed by atoms with E-state index in [0.717, 1.165) is 0 Å². The molecule has 0 spiro atoms. The minimum atomic E-state index is -0.461. The van der Waals surface area contributed by atoms with Crippen molar-refractivity contribution < 1.29 is 14.7 Å². The molecule has 0 radical (unpaired) electrons. The van der Waals surface area contributed by atoms with Crippen molar-refractivity contribution in [2.45, 2.75) is 20.8 Å². The van der Waals surface area contributed by atoms with Gasteiger partial charge in [-0.2, -0.15) is 0 Å². The lowest BCUT2D eigenvalue weighted by Crippen LogP contribution is -2.28. The molecule has 0 aliphatic heterocycles. The predicted molar refractivity (Wildman–Crippen MR) is 73.9 cm³/mol. The van der Waals surface area contributed by atoms with Crippen molar-refractivity contribution in [1.29, 1.82) is 0 Å². The lowest BCUT2D eigenvalue weighted by atomic mass is 9.95. The van der Waals surface area contributed by atoms with E-state index in [1.807, 2.05) is 20.8 Å². The van der Waals surface area contributed by atoms with Crippen molar-refractivity contribution in [2.24, 2.45) is 5.41 Å². The average Bonchev–Trinajstić information content (AvgIpc) is 2.35. The second kappa shape index (κ2) is 6.33. The number of carbonyl (C=O) groups is 2. The summed E-state index contributed by atoms with van der Waals surface area (Å²) in [5.74, 6) is -0.326. The zero-order valence-electron chi connectivity index (χ0n) is 11.5. The number of aliphatic hydroxyl groups excluding tert-OH is 1. The quantitative estimate of drug-likeness (QED) is 0.769. The van der Waals surface area contributed by atoms with Gasteiger partial charge in [-0.15, -0.1) is 0 Å². The van der Waals surface area contributed by atoms with Crippen LogP contribution in [0.4, 0.5) is 5.69 Å². The lowest BCUT2D eigenvalue weighted by molar-refractivity contribution is -0.123. The fourth-order valence-corrected chi connectivity index (χ4v) is 1.30. The fourth-order valence-electron chi connectivity index (χ4n) is 1.30. The fraction of sp³-hybridized carbons (Fsp3) is 0.429. The van der Waals surface area contributed by atoms with Gasteiger partial charge in [-0.25, -0.2) is 0 Å². The first-order valence-electron chi connectivity index (χ1n) is 6.15. The highest BCUT2D eigenvalue weighted by Gasteiger charge is 2.21. The molecule has 19 heavy (non-hydrogen) atoms. The number of benzene rings is 1. The molecule has 0 atom stereocenters. The molecule has 0 aliphatic carbocycles. The van der Waals surface area contributed by atoms with Crippen LogP contribution in [0.3, 0.4) is 0 Å². The maximum absolute atomic E-state index is 11.8. The molecule has 0 heterocycles. The second-order valence-corrected chi connectivity index (χ2v) is 5.26. The summed E-state index contributed by atoms with van der Waals surface area (Å²) >= 11 is 0.